The van der Waals surface area contributed by atoms with E-state index in [4.69, 9.17) is 5.84 Å². The number of nitrogens with two attached hydrogens (primary N) is 1. The summed E-state index contributed by atoms with van der Waals surface area (Å²) in [6.45, 7) is 1.88. The van der Waals surface area contributed by atoms with Crippen LogP contribution in [0.15, 0.2) is 27.6 Å². The van der Waals surface area contributed by atoms with E-state index >= 15 is 0 Å². The summed E-state index contributed by atoms with van der Waals surface area (Å²) in [6.07, 6.45) is 1.37. The number of nitrogen functional groups attached to an aromatic ring is 1. The molecule has 5 nitrogen and oxygen atoms in total. The highest BCUT2D eigenvalue weighted by molar-refractivity contribution is 9.10. The number of hydrogen-bond acceptors (Lipinski definition) is 3. The molecule has 0 aliphatic rings. The smallest absolute Gasteiger partial charge is 0.270 e. The molecule has 0 spiro atoms. The van der Waals surface area contributed by atoms with Gasteiger partial charge in [0.2, 0.25) is 5.43 Å². The van der Waals surface area contributed by atoms with Crippen LogP contribution in [0.2, 0.25) is 0 Å². The van der Waals surface area contributed by atoms with Gasteiger partial charge in [0.25, 0.3) is 5.91 Å². The van der Waals surface area contributed by atoms with Gasteiger partial charge in [0.05, 0.1) is 5.52 Å². The van der Waals surface area contributed by atoms with Crippen LogP contribution < -0.4 is 16.7 Å². The molecular weight excluding hydrogens is 286 g/mol. The normalized spacial score (nSPS) is 10.5. The van der Waals surface area contributed by atoms with Crippen molar-refractivity contribution in [2.75, 3.05) is 0 Å². The number of H-pyrrole nitrogens is 1. The molecule has 2 rings (SSSR count). The largest absolute Gasteiger partial charge is 0.360 e. The van der Waals surface area contributed by atoms with Gasteiger partial charge < -0.3 is 4.98 Å². The number of pyridine rings is 1. The molecule has 17 heavy (non-hydrogen) atoms. The lowest BCUT2D eigenvalue weighted by atomic mass is 10.1. The lowest BCUT2D eigenvalue weighted by Crippen LogP contribution is -2.33. The maximum Gasteiger partial charge on any atom is 0.270 e. The van der Waals surface area contributed by atoms with Gasteiger partial charge in [-0.05, 0) is 24.6 Å². The Bertz CT molecular complexity index is 664. The molecule has 0 aliphatic heterocycles. The zero-order valence-corrected chi connectivity index (χ0v) is 10.6. The summed E-state index contributed by atoms with van der Waals surface area (Å²) >= 11 is 3.32. The van der Waals surface area contributed by atoms with Gasteiger partial charge in [-0.25, -0.2) is 5.84 Å². The van der Waals surface area contributed by atoms with Gasteiger partial charge in [0, 0.05) is 16.1 Å². The summed E-state index contributed by atoms with van der Waals surface area (Å²) in [5.74, 6) is 4.41. The van der Waals surface area contributed by atoms with Crippen molar-refractivity contribution in [2.24, 2.45) is 5.84 Å². The zero-order valence-electron chi connectivity index (χ0n) is 9.00. The molecule has 0 atom stereocenters. The van der Waals surface area contributed by atoms with Crippen LogP contribution in [0, 0.1) is 6.92 Å². The van der Waals surface area contributed by atoms with Crippen molar-refractivity contribution in [3.8, 4) is 0 Å². The van der Waals surface area contributed by atoms with Crippen LogP contribution in [0.1, 0.15) is 15.9 Å². The maximum absolute atomic E-state index is 12.1. The highest BCUT2D eigenvalue weighted by atomic mass is 79.9. The van der Waals surface area contributed by atoms with Crippen LogP contribution in [0.25, 0.3) is 10.9 Å². The minimum Gasteiger partial charge on any atom is -0.360 e. The molecule has 2 aromatic rings. The molecule has 0 saturated carbocycles. The summed E-state index contributed by atoms with van der Waals surface area (Å²) in [7, 11) is 0. The van der Waals surface area contributed by atoms with Gasteiger partial charge in [-0.2, -0.15) is 0 Å². The van der Waals surface area contributed by atoms with Gasteiger partial charge in [0.15, 0.2) is 0 Å². The predicted molar refractivity (Wildman–Crippen MR) is 68.7 cm³/mol. The molecule has 0 fully saturated rings. The van der Waals surface area contributed by atoms with Gasteiger partial charge in [-0.1, -0.05) is 15.9 Å². The number of halogens is 1. The van der Waals surface area contributed by atoms with Crippen molar-refractivity contribution in [3.63, 3.8) is 0 Å². The number of carbonyl (C=O) groups excluding carboxylic acids is 1. The molecule has 6 heteroatoms. The highest BCUT2D eigenvalue weighted by Gasteiger charge is 2.12. The molecule has 0 unspecified atom stereocenters. The monoisotopic (exact) mass is 295 g/mol. The van der Waals surface area contributed by atoms with Crippen LogP contribution in [0.5, 0.6) is 0 Å². The average molecular weight is 296 g/mol. The number of hydrazine groups is 1. The number of carbonyl (C=O) groups is 1. The summed E-state index contributed by atoms with van der Waals surface area (Å²) in [5.41, 5.74) is 3.24. The number of aromatic amines is 1. The molecule has 1 amide bonds. The highest BCUT2D eigenvalue weighted by Crippen LogP contribution is 2.20. The van der Waals surface area contributed by atoms with Crippen molar-refractivity contribution in [3.05, 3.63) is 44.2 Å². The first-order chi connectivity index (χ1) is 8.04. The van der Waals surface area contributed by atoms with E-state index in [9.17, 15) is 9.59 Å². The summed E-state index contributed by atoms with van der Waals surface area (Å²) in [5, 5.41) is 0.456. The number of aryl methyl sites for hydroxylation is 1. The second kappa shape index (κ2) is 4.31. The van der Waals surface area contributed by atoms with E-state index in [-0.39, 0.29) is 11.0 Å². The van der Waals surface area contributed by atoms with E-state index in [1.165, 1.54) is 6.20 Å². The Morgan fingerprint density at radius 1 is 1.47 bits per heavy atom. The van der Waals surface area contributed by atoms with E-state index in [2.05, 4.69) is 20.9 Å². The number of benzene rings is 1. The van der Waals surface area contributed by atoms with Crippen LogP contribution in [-0.2, 0) is 0 Å². The summed E-state index contributed by atoms with van der Waals surface area (Å²) < 4.78 is 0.790. The number of rotatable bonds is 1. The third-order valence-electron chi connectivity index (χ3n) is 2.53. The molecule has 1 aromatic heterocycles. The van der Waals surface area contributed by atoms with Crippen molar-refractivity contribution in [1.82, 2.24) is 10.4 Å². The Labute approximate surface area is 105 Å². The van der Waals surface area contributed by atoms with Gasteiger partial charge in [-0.15, -0.1) is 0 Å². The zero-order chi connectivity index (χ0) is 12.6. The molecular formula is C11H10BrN3O2. The van der Waals surface area contributed by atoms with Crippen molar-refractivity contribution in [2.45, 2.75) is 6.92 Å². The SMILES string of the molecule is Cc1cc(Br)cc2c(=O)c(C(=O)NN)c[nH]c12. The maximum atomic E-state index is 12.1. The Kier molecular flexibility index (Phi) is 2.99. The van der Waals surface area contributed by atoms with Crippen LogP contribution in [-0.4, -0.2) is 10.9 Å². The molecule has 88 valence electrons. The van der Waals surface area contributed by atoms with E-state index in [1.807, 2.05) is 18.4 Å². The molecule has 0 saturated heterocycles. The average Bonchev–Trinajstić information content (AvgIpc) is 2.29. The van der Waals surface area contributed by atoms with Gasteiger partial charge >= 0.3 is 0 Å². The van der Waals surface area contributed by atoms with Crippen molar-refractivity contribution < 1.29 is 4.79 Å². The van der Waals surface area contributed by atoms with Gasteiger partial charge in [-0.3, -0.25) is 15.0 Å². The first-order valence-electron chi connectivity index (χ1n) is 4.87. The Morgan fingerprint density at radius 2 is 2.18 bits per heavy atom. The number of nitrogens with one attached hydrogen (secondary N) is 2. The topological polar surface area (TPSA) is 88.0 Å². The second-order valence-electron chi connectivity index (χ2n) is 3.65. The van der Waals surface area contributed by atoms with Crippen LogP contribution in [0.4, 0.5) is 0 Å². The van der Waals surface area contributed by atoms with E-state index in [0.29, 0.717) is 10.9 Å². The molecule has 1 aromatic carbocycles. The lowest BCUT2D eigenvalue weighted by molar-refractivity contribution is 0.0952. The first-order valence-corrected chi connectivity index (χ1v) is 5.66. The van der Waals surface area contributed by atoms with Crippen molar-refractivity contribution in [1.29, 1.82) is 0 Å². The predicted octanol–water partition coefficient (Wildman–Crippen LogP) is 1.20. The standard InChI is InChI=1S/C11H10BrN3O2/c1-5-2-6(12)3-7-9(5)14-4-8(10(7)16)11(17)15-13/h2-4H,13H2,1H3,(H,14,16)(H,15,17). The van der Waals surface area contributed by atoms with E-state index in [1.54, 1.807) is 6.07 Å². The summed E-state index contributed by atoms with van der Waals surface area (Å²) in [6, 6.07) is 3.56. The Balaban J connectivity index is 2.85. The minimum absolute atomic E-state index is 0.00231. The fraction of sp³-hybridized carbons (Fsp3) is 0.0909. The molecule has 1 heterocycles. The molecule has 0 aliphatic carbocycles. The number of amides is 1. The molecule has 4 N–H and O–H groups in total. The fourth-order valence-electron chi connectivity index (χ4n) is 1.72. The van der Waals surface area contributed by atoms with Crippen LogP contribution >= 0.6 is 15.9 Å². The third kappa shape index (κ3) is 1.96. The molecule has 0 bridgehead atoms. The van der Waals surface area contributed by atoms with E-state index in [0.717, 1.165) is 10.0 Å². The first kappa shape index (κ1) is 11.8. The lowest BCUT2D eigenvalue weighted by Gasteiger charge is -2.05. The van der Waals surface area contributed by atoms with Crippen molar-refractivity contribution >= 4 is 32.7 Å². The quantitative estimate of drug-likeness (QED) is 0.420. The fourth-order valence-corrected chi connectivity index (χ4v) is 2.29. The Morgan fingerprint density at radius 3 is 2.82 bits per heavy atom. The minimum atomic E-state index is -0.606. The second-order valence-corrected chi connectivity index (χ2v) is 4.57. The number of aromatic nitrogens is 1. The number of fused-ring (bicyclic) bond motifs is 1. The third-order valence-corrected chi connectivity index (χ3v) is 2.98. The number of hydrogen-bond donors (Lipinski definition) is 3. The Hall–Kier alpha value is -1.66. The van der Waals surface area contributed by atoms with Crippen LogP contribution in [0.3, 0.4) is 0 Å². The van der Waals surface area contributed by atoms with Gasteiger partial charge in [0.1, 0.15) is 5.56 Å². The summed E-state index contributed by atoms with van der Waals surface area (Å²) in [4.78, 5) is 26.4. The van der Waals surface area contributed by atoms with E-state index < -0.39 is 5.91 Å². The molecule has 0 radical (unpaired) electrons.